The van der Waals surface area contributed by atoms with Crippen molar-refractivity contribution < 1.29 is 27.4 Å². The third kappa shape index (κ3) is 3.98. The normalized spacial score (nSPS) is 13.1. The molecule has 0 saturated carbocycles. The van der Waals surface area contributed by atoms with E-state index in [1.165, 1.54) is 25.3 Å². The maximum atomic E-state index is 14.1. The van der Waals surface area contributed by atoms with Gasteiger partial charge in [-0.3, -0.25) is 0 Å². The van der Waals surface area contributed by atoms with Crippen LogP contribution in [0.1, 0.15) is 5.01 Å². The Morgan fingerprint density at radius 2 is 1.79 bits per heavy atom. The number of nitrogens with zero attached hydrogens (tertiary/aromatic N) is 1. The van der Waals surface area contributed by atoms with Crippen molar-refractivity contribution in [3.05, 3.63) is 53.5 Å². The summed E-state index contributed by atoms with van der Waals surface area (Å²) in [5.74, 6) is 2.94. The number of benzene rings is 2. The van der Waals surface area contributed by atoms with Crippen LogP contribution in [0.25, 0.3) is 10.2 Å². The summed E-state index contributed by atoms with van der Waals surface area (Å²) < 4.78 is 52.7. The van der Waals surface area contributed by atoms with Crippen molar-refractivity contribution >= 4 is 33.2 Å². The summed E-state index contributed by atoms with van der Waals surface area (Å²) in [6, 6.07) is 13.0. The van der Waals surface area contributed by atoms with E-state index in [1.807, 2.05) is 5.92 Å². The number of anilines is 1. The van der Waals surface area contributed by atoms with Crippen LogP contribution < -0.4 is 10.1 Å². The molecule has 0 saturated heterocycles. The minimum atomic E-state index is -5.09. The van der Waals surface area contributed by atoms with Gasteiger partial charge in [-0.1, -0.05) is 24.3 Å². The Morgan fingerprint density at radius 3 is 2.45 bits per heavy atom. The minimum Gasteiger partial charge on any atom is -0.495 e. The number of methoxy groups -OCH3 is 2. The highest BCUT2D eigenvalue weighted by Gasteiger charge is 2.62. The lowest BCUT2D eigenvalue weighted by Gasteiger charge is -2.30. The zero-order valence-electron chi connectivity index (χ0n) is 15.3. The van der Waals surface area contributed by atoms with Gasteiger partial charge in [0.2, 0.25) is 0 Å². The third-order valence-corrected chi connectivity index (χ3v) is 4.95. The van der Waals surface area contributed by atoms with Gasteiger partial charge in [-0.25, -0.2) is 9.78 Å². The average molecular weight is 420 g/mol. The molecule has 9 heteroatoms. The van der Waals surface area contributed by atoms with Crippen LogP contribution in [0.2, 0.25) is 0 Å². The molecule has 0 radical (unpaired) electrons. The Labute approximate surface area is 168 Å². The van der Waals surface area contributed by atoms with Crippen molar-refractivity contribution in [2.75, 3.05) is 19.5 Å². The first-order chi connectivity index (χ1) is 13.8. The van der Waals surface area contributed by atoms with Gasteiger partial charge in [0.15, 0.2) is 5.01 Å². The Balaban J connectivity index is 2.13. The molecule has 150 valence electrons. The molecule has 3 rings (SSSR count). The number of hydrogen-bond donors (Lipinski definition) is 1. The molecule has 3 aromatic rings. The van der Waals surface area contributed by atoms with Crippen LogP contribution in [0, 0.1) is 11.8 Å². The van der Waals surface area contributed by atoms with Crippen LogP contribution in [-0.4, -0.2) is 36.9 Å². The molecular weight excluding hydrogens is 405 g/mol. The summed E-state index contributed by atoms with van der Waals surface area (Å²) >= 11 is 1.13. The molecule has 1 N–H and O–H groups in total. The molecule has 0 amide bonds. The Morgan fingerprint density at radius 1 is 1.10 bits per heavy atom. The summed E-state index contributed by atoms with van der Waals surface area (Å²) in [7, 11) is 2.17. The highest BCUT2D eigenvalue weighted by molar-refractivity contribution is 7.19. The van der Waals surface area contributed by atoms with E-state index in [0.29, 0.717) is 5.52 Å². The van der Waals surface area contributed by atoms with Crippen LogP contribution >= 0.6 is 11.3 Å². The van der Waals surface area contributed by atoms with Gasteiger partial charge in [-0.15, -0.1) is 11.3 Å². The number of alkyl halides is 3. The van der Waals surface area contributed by atoms with Gasteiger partial charge >= 0.3 is 12.1 Å². The molecule has 0 aliphatic carbocycles. The second kappa shape index (κ2) is 8.01. The van der Waals surface area contributed by atoms with Crippen LogP contribution in [0.5, 0.6) is 5.75 Å². The molecule has 0 unspecified atom stereocenters. The quantitative estimate of drug-likeness (QED) is 0.505. The number of halogens is 3. The number of aromatic nitrogens is 1. The third-order valence-electron chi connectivity index (χ3n) is 4.00. The first-order valence-corrected chi connectivity index (χ1v) is 9.07. The van der Waals surface area contributed by atoms with Crippen LogP contribution in [-0.2, 0) is 9.53 Å². The summed E-state index contributed by atoms with van der Waals surface area (Å²) in [6.45, 7) is 0. The van der Waals surface area contributed by atoms with Crippen molar-refractivity contribution in [1.82, 2.24) is 4.98 Å². The van der Waals surface area contributed by atoms with E-state index < -0.39 is 17.7 Å². The molecule has 0 aliphatic rings. The van der Waals surface area contributed by atoms with Gasteiger partial charge in [-0.2, -0.15) is 13.2 Å². The fraction of sp³-hybridized carbons (Fsp3) is 0.200. The zero-order chi connectivity index (χ0) is 21.1. The Kier molecular flexibility index (Phi) is 5.66. The van der Waals surface area contributed by atoms with Crippen molar-refractivity contribution in [2.24, 2.45) is 0 Å². The van der Waals surface area contributed by atoms with E-state index in [9.17, 15) is 18.0 Å². The van der Waals surface area contributed by atoms with Gasteiger partial charge in [0.25, 0.3) is 5.54 Å². The number of rotatable bonds is 4. The van der Waals surface area contributed by atoms with Crippen molar-refractivity contribution in [2.45, 2.75) is 11.7 Å². The molecule has 1 heterocycles. The topological polar surface area (TPSA) is 60.5 Å². The maximum Gasteiger partial charge on any atom is 0.434 e. The van der Waals surface area contributed by atoms with Gasteiger partial charge < -0.3 is 14.8 Å². The molecule has 0 spiro atoms. The van der Waals surface area contributed by atoms with E-state index in [2.05, 4.69) is 21.0 Å². The first-order valence-electron chi connectivity index (χ1n) is 8.26. The van der Waals surface area contributed by atoms with Crippen molar-refractivity contribution in [3.8, 4) is 17.6 Å². The molecule has 1 aromatic heterocycles. The fourth-order valence-electron chi connectivity index (χ4n) is 2.57. The monoisotopic (exact) mass is 420 g/mol. The summed E-state index contributed by atoms with van der Waals surface area (Å²) in [6.07, 6.45) is -5.09. The highest BCUT2D eigenvalue weighted by Crippen LogP contribution is 2.37. The lowest BCUT2D eigenvalue weighted by atomic mass is 9.98. The number of para-hydroxylation sites is 3. The van der Waals surface area contributed by atoms with E-state index >= 15 is 0 Å². The van der Waals surface area contributed by atoms with E-state index in [1.54, 1.807) is 30.3 Å². The Hall–Kier alpha value is -3.25. The highest BCUT2D eigenvalue weighted by atomic mass is 32.1. The molecule has 1 atom stereocenters. The van der Waals surface area contributed by atoms with Crippen molar-refractivity contribution in [1.29, 1.82) is 0 Å². The number of ether oxygens (including phenoxy) is 2. The number of nitrogens with one attached hydrogen (secondary N) is 1. The molecule has 0 fully saturated rings. The SMILES string of the molecule is COC(=O)[C@@](C#Cc1nc2ccccc2s1)(Nc1ccccc1OC)C(F)(F)F. The first kappa shape index (κ1) is 20.5. The number of esters is 1. The number of carbonyl (C=O) groups is 1. The van der Waals surface area contributed by atoms with E-state index in [0.717, 1.165) is 23.1 Å². The summed E-state index contributed by atoms with van der Waals surface area (Å²) in [5, 5.41) is 2.33. The molecule has 0 aliphatic heterocycles. The molecule has 29 heavy (non-hydrogen) atoms. The predicted octanol–water partition coefficient (Wildman–Crippen LogP) is 4.24. The predicted molar refractivity (Wildman–Crippen MR) is 104 cm³/mol. The summed E-state index contributed by atoms with van der Waals surface area (Å²) in [5.41, 5.74) is -2.76. The molecular formula is C20H15F3N2O3S. The molecule has 0 bridgehead atoms. The largest absolute Gasteiger partial charge is 0.495 e. The van der Waals surface area contributed by atoms with Gasteiger partial charge in [-0.05, 0) is 36.1 Å². The minimum absolute atomic E-state index is 0.0590. The van der Waals surface area contributed by atoms with Gasteiger partial charge in [0.05, 0.1) is 30.1 Å². The number of carbonyl (C=O) groups excluding carboxylic acids is 1. The van der Waals surface area contributed by atoms with Crippen LogP contribution in [0.3, 0.4) is 0 Å². The van der Waals surface area contributed by atoms with Gasteiger partial charge in [0.1, 0.15) is 5.75 Å². The van der Waals surface area contributed by atoms with E-state index in [4.69, 9.17) is 4.74 Å². The van der Waals surface area contributed by atoms with Crippen LogP contribution in [0.15, 0.2) is 48.5 Å². The standard InChI is InChI=1S/C20H15F3N2O3S/c1-27-15-9-5-3-7-13(15)25-19(18(26)28-2,20(21,22)23)12-11-17-24-14-8-4-6-10-16(14)29-17/h3-10,25H,1-2H3/t19-/m1/s1. The van der Waals surface area contributed by atoms with Gasteiger partial charge in [0, 0.05) is 0 Å². The summed E-state index contributed by atoms with van der Waals surface area (Å²) in [4.78, 5) is 16.5. The van der Waals surface area contributed by atoms with E-state index in [-0.39, 0.29) is 16.4 Å². The molecule has 5 nitrogen and oxygen atoms in total. The lowest BCUT2D eigenvalue weighted by molar-refractivity contribution is -0.187. The number of fused-ring (bicyclic) bond motifs is 1. The smallest absolute Gasteiger partial charge is 0.434 e. The maximum absolute atomic E-state index is 14.1. The number of hydrogen-bond acceptors (Lipinski definition) is 6. The van der Waals surface area contributed by atoms with Crippen LogP contribution in [0.4, 0.5) is 18.9 Å². The molecule has 2 aromatic carbocycles. The number of thiazole rings is 1. The Bertz CT molecular complexity index is 1070. The fourth-order valence-corrected chi connectivity index (χ4v) is 3.39. The zero-order valence-corrected chi connectivity index (χ0v) is 16.1. The second-order valence-electron chi connectivity index (χ2n) is 5.80. The second-order valence-corrected chi connectivity index (χ2v) is 6.83. The average Bonchev–Trinajstić information content (AvgIpc) is 3.13. The lowest BCUT2D eigenvalue weighted by Crippen LogP contribution is -2.57. The van der Waals surface area contributed by atoms with Crippen molar-refractivity contribution in [3.63, 3.8) is 0 Å².